The van der Waals surface area contributed by atoms with E-state index in [0.29, 0.717) is 0 Å². The van der Waals surface area contributed by atoms with Gasteiger partial charge in [0, 0.05) is 33.4 Å². The van der Waals surface area contributed by atoms with Crippen LogP contribution in [-0.4, -0.2) is 0 Å². The van der Waals surface area contributed by atoms with E-state index in [1.165, 1.54) is 49.2 Å². The molecule has 0 amide bonds. The summed E-state index contributed by atoms with van der Waals surface area (Å²) in [7, 11) is 0. The van der Waals surface area contributed by atoms with E-state index >= 15 is 0 Å². The molecule has 1 aromatic heterocycles. The molecule has 2 nitrogen and oxygen atoms in total. The minimum atomic E-state index is 0.901. The molecule has 0 spiro atoms. The van der Waals surface area contributed by atoms with Crippen molar-refractivity contribution in [2.75, 3.05) is 4.90 Å². The van der Waals surface area contributed by atoms with Crippen LogP contribution in [0.25, 0.3) is 76.5 Å². The maximum absolute atomic E-state index is 6.63. The topological polar surface area (TPSA) is 16.4 Å². The van der Waals surface area contributed by atoms with Gasteiger partial charge >= 0.3 is 0 Å². The fraction of sp³-hybridized carbons (Fsp3) is 0.0204. The van der Waals surface area contributed by atoms with Crippen LogP contribution in [0.1, 0.15) is 5.56 Å². The maximum atomic E-state index is 6.63. The first-order valence-electron chi connectivity index (χ1n) is 17.5. The van der Waals surface area contributed by atoms with Crippen molar-refractivity contribution in [2.24, 2.45) is 0 Å². The lowest BCUT2D eigenvalue weighted by Gasteiger charge is -2.27. The highest BCUT2D eigenvalue weighted by Crippen LogP contribution is 2.46. The molecule has 1 heterocycles. The first-order valence-corrected chi connectivity index (χ1v) is 17.5. The highest BCUT2D eigenvalue weighted by Gasteiger charge is 2.20. The molecule has 51 heavy (non-hydrogen) atoms. The van der Waals surface area contributed by atoms with Gasteiger partial charge in [-0.25, -0.2) is 0 Å². The number of hydrogen-bond acceptors (Lipinski definition) is 2. The molecule has 9 aromatic carbocycles. The summed E-state index contributed by atoms with van der Waals surface area (Å²) < 4.78 is 6.63. The van der Waals surface area contributed by atoms with Crippen LogP contribution in [-0.2, 0) is 0 Å². The summed E-state index contributed by atoms with van der Waals surface area (Å²) in [5, 5.41) is 9.51. The van der Waals surface area contributed by atoms with Gasteiger partial charge in [0.25, 0.3) is 0 Å². The van der Waals surface area contributed by atoms with Gasteiger partial charge in [0.2, 0.25) is 0 Å². The third-order valence-electron chi connectivity index (χ3n) is 10.3. The highest BCUT2D eigenvalue weighted by molar-refractivity contribution is 6.27. The number of fused-ring (bicyclic) bond motifs is 7. The molecule has 240 valence electrons. The number of nitrogens with zero attached hydrogens (tertiary/aromatic N) is 1. The molecule has 0 saturated carbocycles. The zero-order chi connectivity index (χ0) is 33.9. The molecule has 2 heteroatoms. The Morgan fingerprint density at radius 1 is 0.373 bits per heavy atom. The average molecular weight is 652 g/mol. The second kappa shape index (κ2) is 11.8. The quantitative estimate of drug-likeness (QED) is 0.184. The summed E-state index contributed by atoms with van der Waals surface area (Å²) in [6.07, 6.45) is 0. The largest absolute Gasteiger partial charge is 0.456 e. The zero-order valence-electron chi connectivity index (χ0n) is 28.2. The van der Waals surface area contributed by atoms with Crippen LogP contribution in [0.15, 0.2) is 186 Å². The molecule has 10 rings (SSSR count). The fourth-order valence-electron chi connectivity index (χ4n) is 7.78. The Labute approximate surface area is 296 Å². The number of benzene rings is 9. The highest BCUT2D eigenvalue weighted by atomic mass is 16.3. The van der Waals surface area contributed by atoms with Crippen LogP contribution < -0.4 is 4.90 Å². The van der Waals surface area contributed by atoms with Gasteiger partial charge in [-0.15, -0.1) is 0 Å². The first-order chi connectivity index (χ1) is 25.2. The molecule has 0 N–H and O–H groups in total. The first kappa shape index (κ1) is 29.3. The van der Waals surface area contributed by atoms with Crippen molar-refractivity contribution in [3.63, 3.8) is 0 Å². The molecular weight excluding hydrogens is 619 g/mol. The van der Waals surface area contributed by atoms with Gasteiger partial charge in [-0.1, -0.05) is 139 Å². The third kappa shape index (κ3) is 4.95. The van der Waals surface area contributed by atoms with Crippen LogP contribution in [0.3, 0.4) is 0 Å². The summed E-state index contributed by atoms with van der Waals surface area (Å²) in [5.74, 6) is 0. The molecule has 0 radical (unpaired) electrons. The Hall–Kier alpha value is -6.64. The van der Waals surface area contributed by atoms with Gasteiger partial charge in [-0.3, -0.25) is 0 Å². The van der Waals surface area contributed by atoms with Crippen LogP contribution >= 0.6 is 0 Å². The molecule has 0 fully saturated rings. The van der Waals surface area contributed by atoms with Gasteiger partial charge in [0.15, 0.2) is 0 Å². The lowest BCUT2D eigenvalue weighted by Crippen LogP contribution is -2.10. The SMILES string of the molecule is Cc1ccc(-c2ccc(N(c3cccc(-c4c5ccccc5cc5oc6ccc7ccccc7c6c45)c3)c3ccc4ccccc4c3)cc2)cc1. The molecule has 10 aromatic rings. The number of anilines is 3. The standard InChI is InChI=1S/C49H33NO/c1-32-17-19-34(20-18-32)35-21-25-40(26-22-35)50(42-27-23-33-9-2-3-11-37(33)29-42)41-14-8-13-39(30-41)47-44-16-7-5-12-38(44)31-46-49(47)48-43-15-6-4-10-36(43)24-28-45(48)51-46/h2-31H,1H3. The number of aryl methyl sites for hydroxylation is 1. The molecule has 0 unspecified atom stereocenters. The van der Waals surface area contributed by atoms with Gasteiger partial charge in [0.05, 0.1) is 0 Å². The Kier molecular flexibility index (Phi) is 6.75. The maximum Gasteiger partial charge on any atom is 0.136 e. The van der Waals surface area contributed by atoms with Crippen molar-refractivity contribution in [1.29, 1.82) is 0 Å². The van der Waals surface area contributed by atoms with Gasteiger partial charge in [-0.2, -0.15) is 0 Å². The van der Waals surface area contributed by atoms with Crippen molar-refractivity contribution in [3.8, 4) is 22.3 Å². The van der Waals surface area contributed by atoms with E-state index in [-0.39, 0.29) is 0 Å². The van der Waals surface area contributed by atoms with Crippen molar-refractivity contribution >= 4 is 71.3 Å². The molecule has 0 aliphatic rings. The fourth-order valence-corrected chi connectivity index (χ4v) is 7.78. The second-order valence-electron chi connectivity index (χ2n) is 13.4. The van der Waals surface area contributed by atoms with Crippen molar-refractivity contribution in [2.45, 2.75) is 6.92 Å². The minimum Gasteiger partial charge on any atom is -0.456 e. The molecule has 0 atom stereocenters. The lowest BCUT2D eigenvalue weighted by molar-refractivity contribution is 0.670. The molecule has 0 saturated heterocycles. The zero-order valence-corrected chi connectivity index (χ0v) is 28.2. The predicted molar refractivity (Wildman–Crippen MR) is 217 cm³/mol. The summed E-state index contributed by atoms with van der Waals surface area (Å²) in [6.45, 7) is 2.13. The van der Waals surface area contributed by atoms with E-state index in [0.717, 1.165) is 50.0 Å². The summed E-state index contributed by atoms with van der Waals surface area (Å²) >= 11 is 0. The van der Waals surface area contributed by atoms with E-state index < -0.39 is 0 Å². The molecule has 0 aliphatic carbocycles. The van der Waals surface area contributed by atoms with Crippen molar-refractivity contribution in [3.05, 3.63) is 188 Å². The Balaban J connectivity index is 1.21. The summed E-state index contributed by atoms with van der Waals surface area (Å²) in [6, 6.07) is 65.7. The smallest absolute Gasteiger partial charge is 0.136 e. The number of rotatable bonds is 5. The number of furan rings is 1. The van der Waals surface area contributed by atoms with E-state index in [2.05, 4.69) is 194 Å². The van der Waals surface area contributed by atoms with E-state index in [9.17, 15) is 0 Å². The van der Waals surface area contributed by atoms with Gasteiger partial charge in [0.1, 0.15) is 11.2 Å². The monoisotopic (exact) mass is 651 g/mol. The molecular formula is C49H33NO. The Morgan fingerprint density at radius 2 is 1.00 bits per heavy atom. The summed E-state index contributed by atoms with van der Waals surface area (Å²) in [5.41, 5.74) is 11.1. The van der Waals surface area contributed by atoms with Crippen molar-refractivity contribution in [1.82, 2.24) is 0 Å². The van der Waals surface area contributed by atoms with E-state index in [1.54, 1.807) is 0 Å². The molecule has 0 aliphatic heterocycles. The average Bonchev–Trinajstić information content (AvgIpc) is 3.56. The van der Waals surface area contributed by atoms with Crippen LogP contribution in [0.4, 0.5) is 17.1 Å². The minimum absolute atomic E-state index is 0.901. The van der Waals surface area contributed by atoms with Crippen LogP contribution in [0, 0.1) is 6.92 Å². The summed E-state index contributed by atoms with van der Waals surface area (Å²) in [4.78, 5) is 2.38. The second-order valence-corrected chi connectivity index (χ2v) is 13.4. The number of hydrogen-bond donors (Lipinski definition) is 0. The van der Waals surface area contributed by atoms with Crippen LogP contribution in [0.2, 0.25) is 0 Å². The van der Waals surface area contributed by atoms with E-state index in [1.807, 2.05) is 0 Å². The predicted octanol–water partition coefficient (Wildman–Crippen LogP) is 14.2. The van der Waals surface area contributed by atoms with Gasteiger partial charge < -0.3 is 9.32 Å². The van der Waals surface area contributed by atoms with Crippen molar-refractivity contribution < 1.29 is 4.42 Å². The van der Waals surface area contributed by atoms with E-state index in [4.69, 9.17) is 4.42 Å². The third-order valence-corrected chi connectivity index (χ3v) is 10.3. The molecule has 0 bridgehead atoms. The van der Waals surface area contributed by atoms with Gasteiger partial charge in [-0.05, 0) is 104 Å². The normalized spacial score (nSPS) is 11.6. The van der Waals surface area contributed by atoms with Crippen LogP contribution in [0.5, 0.6) is 0 Å². The Morgan fingerprint density at radius 3 is 1.80 bits per heavy atom. The Bertz CT molecular complexity index is 2920. The lowest BCUT2D eigenvalue weighted by atomic mass is 9.91.